The van der Waals surface area contributed by atoms with Crippen molar-refractivity contribution in [3.05, 3.63) is 34.9 Å². The van der Waals surface area contributed by atoms with Gasteiger partial charge in [0.25, 0.3) is 0 Å². The van der Waals surface area contributed by atoms with Gasteiger partial charge in [-0.05, 0) is 43.9 Å². The van der Waals surface area contributed by atoms with Crippen molar-refractivity contribution < 1.29 is 9.53 Å². The van der Waals surface area contributed by atoms with E-state index in [4.69, 9.17) is 16.3 Å². The predicted molar refractivity (Wildman–Crippen MR) is 78.7 cm³/mol. The quantitative estimate of drug-likeness (QED) is 0.851. The zero-order valence-electron chi connectivity index (χ0n) is 11.7. The van der Waals surface area contributed by atoms with E-state index in [1.54, 1.807) is 0 Å². The van der Waals surface area contributed by atoms with Crippen LogP contribution in [0, 0.1) is 5.92 Å². The van der Waals surface area contributed by atoms with E-state index < -0.39 is 0 Å². The second-order valence-corrected chi connectivity index (χ2v) is 6.20. The SMILES string of the molecule is C[C@H](c1ccc(Cl)cc1)N(C(=O)[C@H]1CCOC1)C1CC1. The van der Waals surface area contributed by atoms with Crippen LogP contribution in [0.2, 0.25) is 5.02 Å². The molecule has 3 nitrogen and oxygen atoms in total. The molecule has 1 aliphatic heterocycles. The average molecular weight is 294 g/mol. The first-order valence-electron chi connectivity index (χ1n) is 7.32. The van der Waals surface area contributed by atoms with Crippen molar-refractivity contribution in [2.75, 3.05) is 13.2 Å². The smallest absolute Gasteiger partial charge is 0.228 e. The van der Waals surface area contributed by atoms with Crippen LogP contribution in [-0.2, 0) is 9.53 Å². The highest BCUT2D eigenvalue weighted by atomic mass is 35.5. The summed E-state index contributed by atoms with van der Waals surface area (Å²) in [5.41, 5.74) is 1.15. The molecule has 2 fully saturated rings. The molecule has 0 aromatic heterocycles. The highest BCUT2D eigenvalue weighted by Gasteiger charge is 2.39. The van der Waals surface area contributed by atoms with Crippen LogP contribution in [0.3, 0.4) is 0 Å². The highest BCUT2D eigenvalue weighted by molar-refractivity contribution is 6.30. The van der Waals surface area contributed by atoms with Gasteiger partial charge in [-0.2, -0.15) is 0 Å². The minimum Gasteiger partial charge on any atom is -0.381 e. The molecule has 1 heterocycles. The Bertz CT molecular complexity index is 478. The fraction of sp³-hybridized carbons (Fsp3) is 0.562. The summed E-state index contributed by atoms with van der Waals surface area (Å²) in [6.45, 7) is 3.40. The van der Waals surface area contributed by atoms with Gasteiger partial charge in [0.15, 0.2) is 0 Å². The number of carbonyl (C=O) groups excluding carboxylic acids is 1. The maximum atomic E-state index is 12.7. The van der Waals surface area contributed by atoms with E-state index in [1.807, 2.05) is 24.3 Å². The molecule has 3 rings (SSSR count). The minimum absolute atomic E-state index is 0.0466. The molecule has 1 aromatic carbocycles. The molecule has 1 saturated carbocycles. The van der Waals surface area contributed by atoms with Crippen molar-refractivity contribution in [3.63, 3.8) is 0 Å². The maximum Gasteiger partial charge on any atom is 0.228 e. The first-order valence-corrected chi connectivity index (χ1v) is 7.70. The van der Waals surface area contributed by atoms with Gasteiger partial charge in [0.05, 0.1) is 18.6 Å². The Labute approximate surface area is 124 Å². The molecule has 1 aliphatic carbocycles. The summed E-state index contributed by atoms with van der Waals surface area (Å²) in [7, 11) is 0. The lowest BCUT2D eigenvalue weighted by Crippen LogP contribution is -2.40. The highest BCUT2D eigenvalue weighted by Crippen LogP contribution is 2.36. The van der Waals surface area contributed by atoms with E-state index in [2.05, 4.69) is 11.8 Å². The van der Waals surface area contributed by atoms with E-state index in [9.17, 15) is 4.79 Å². The van der Waals surface area contributed by atoms with Crippen LogP contribution in [0.25, 0.3) is 0 Å². The molecule has 0 N–H and O–H groups in total. The summed E-state index contributed by atoms with van der Waals surface area (Å²) >= 11 is 5.94. The lowest BCUT2D eigenvalue weighted by Gasteiger charge is -2.31. The van der Waals surface area contributed by atoms with Gasteiger partial charge in [0, 0.05) is 17.7 Å². The largest absolute Gasteiger partial charge is 0.381 e. The summed E-state index contributed by atoms with van der Waals surface area (Å²) in [5.74, 6) is 0.304. The summed E-state index contributed by atoms with van der Waals surface area (Å²) < 4.78 is 5.36. The Morgan fingerprint density at radius 3 is 2.55 bits per heavy atom. The van der Waals surface area contributed by atoms with Gasteiger partial charge in [-0.25, -0.2) is 0 Å². The first-order chi connectivity index (χ1) is 9.66. The van der Waals surface area contributed by atoms with Crippen LogP contribution in [-0.4, -0.2) is 30.1 Å². The van der Waals surface area contributed by atoms with Crippen LogP contribution >= 0.6 is 11.6 Å². The van der Waals surface area contributed by atoms with Gasteiger partial charge in [-0.3, -0.25) is 4.79 Å². The zero-order chi connectivity index (χ0) is 14.1. The fourth-order valence-corrected chi connectivity index (χ4v) is 3.01. The Morgan fingerprint density at radius 1 is 1.30 bits per heavy atom. The molecule has 0 unspecified atom stereocenters. The third-order valence-corrected chi connectivity index (χ3v) is 4.50. The van der Waals surface area contributed by atoms with Gasteiger partial charge in [0.2, 0.25) is 5.91 Å². The zero-order valence-corrected chi connectivity index (χ0v) is 12.5. The van der Waals surface area contributed by atoms with Crippen molar-refractivity contribution >= 4 is 17.5 Å². The van der Waals surface area contributed by atoms with E-state index in [1.165, 1.54) is 0 Å². The van der Waals surface area contributed by atoms with Gasteiger partial charge in [-0.1, -0.05) is 23.7 Å². The summed E-state index contributed by atoms with van der Waals surface area (Å²) in [6, 6.07) is 8.33. The van der Waals surface area contributed by atoms with E-state index >= 15 is 0 Å². The fourth-order valence-electron chi connectivity index (χ4n) is 2.88. The van der Waals surface area contributed by atoms with E-state index in [0.29, 0.717) is 19.3 Å². The second kappa shape index (κ2) is 5.74. The first kappa shape index (κ1) is 13.9. The Morgan fingerprint density at radius 2 is 2.00 bits per heavy atom. The molecule has 0 radical (unpaired) electrons. The molecular weight excluding hydrogens is 274 g/mol. The lowest BCUT2D eigenvalue weighted by atomic mass is 10.0. The number of rotatable bonds is 4. The van der Waals surface area contributed by atoms with Gasteiger partial charge < -0.3 is 9.64 Å². The van der Waals surface area contributed by atoms with Crippen LogP contribution in [0.4, 0.5) is 0 Å². The van der Waals surface area contributed by atoms with Crippen molar-refractivity contribution in [1.82, 2.24) is 4.90 Å². The van der Waals surface area contributed by atoms with Crippen LogP contribution in [0.15, 0.2) is 24.3 Å². The molecule has 2 aliphatic rings. The number of hydrogen-bond donors (Lipinski definition) is 0. The standard InChI is InChI=1S/C16H20ClNO2/c1-11(12-2-4-14(17)5-3-12)18(15-6-7-15)16(19)13-8-9-20-10-13/h2-5,11,13,15H,6-10H2,1H3/t11-,13+/m1/s1. The van der Waals surface area contributed by atoms with Crippen LogP contribution < -0.4 is 0 Å². The third-order valence-electron chi connectivity index (χ3n) is 4.24. The number of amides is 1. The monoisotopic (exact) mass is 293 g/mol. The Kier molecular flexibility index (Phi) is 3.99. The predicted octanol–water partition coefficient (Wildman–Crippen LogP) is 3.43. The van der Waals surface area contributed by atoms with Crippen molar-refractivity contribution in [2.24, 2.45) is 5.92 Å². The van der Waals surface area contributed by atoms with Crippen molar-refractivity contribution in [3.8, 4) is 0 Å². The number of hydrogen-bond acceptors (Lipinski definition) is 2. The molecule has 1 amide bonds. The summed E-state index contributed by atoms with van der Waals surface area (Å²) in [5, 5.41) is 0.731. The summed E-state index contributed by atoms with van der Waals surface area (Å²) in [4.78, 5) is 14.8. The molecule has 1 saturated heterocycles. The number of ether oxygens (including phenoxy) is 1. The molecule has 0 bridgehead atoms. The Hall–Kier alpha value is -1.06. The Balaban J connectivity index is 1.79. The molecule has 108 valence electrons. The number of carbonyl (C=O) groups is 1. The van der Waals surface area contributed by atoms with Gasteiger partial charge >= 0.3 is 0 Å². The van der Waals surface area contributed by atoms with Crippen molar-refractivity contribution in [2.45, 2.75) is 38.3 Å². The van der Waals surface area contributed by atoms with E-state index in [0.717, 1.165) is 29.8 Å². The van der Waals surface area contributed by atoms with E-state index in [-0.39, 0.29) is 17.9 Å². The van der Waals surface area contributed by atoms with Crippen LogP contribution in [0.5, 0.6) is 0 Å². The van der Waals surface area contributed by atoms with Gasteiger partial charge in [0.1, 0.15) is 0 Å². The number of nitrogens with zero attached hydrogens (tertiary/aromatic N) is 1. The average Bonchev–Trinajstić information content (AvgIpc) is 3.12. The number of halogens is 1. The van der Waals surface area contributed by atoms with Crippen molar-refractivity contribution in [1.29, 1.82) is 0 Å². The number of benzene rings is 1. The molecule has 4 heteroatoms. The van der Waals surface area contributed by atoms with Gasteiger partial charge in [-0.15, -0.1) is 0 Å². The topological polar surface area (TPSA) is 29.5 Å². The second-order valence-electron chi connectivity index (χ2n) is 5.76. The molecular formula is C16H20ClNO2. The molecule has 2 atom stereocenters. The van der Waals surface area contributed by atoms with Crippen LogP contribution in [0.1, 0.15) is 37.8 Å². The lowest BCUT2D eigenvalue weighted by molar-refractivity contribution is -0.138. The third kappa shape index (κ3) is 2.84. The normalized spacial score (nSPS) is 23.6. The maximum absolute atomic E-state index is 12.7. The minimum atomic E-state index is 0.0466. The summed E-state index contributed by atoms with van der Waals surface area (Å²) in [6.07, 6.45) is 3.10. The molecule has 0 spiro atoms. The molecule has 1 aromatic rings. The molecule has 20 heavy (non-hydrogen) atoms.